The van der Waals surface area contributed by atoms with E-state index >= 15 is 0 Å². The maximum Gasteiger partial charge on any atom is 0.175 e. The lowest BCUT2D eigenvalue weighted by atomic mass is 10.2. The summed E-state index contributed by atoms with van der Waals surface area (Å²) >= 11 is 4.63. The average molecular weight is 366 g/mol. The van der Waals surface area contributed by atoms with Crippen LogP contribution in [0.1, 0.15) is 11.1 Å². The van der Waals surface area contributed by atoms with Crippen LogP contribution < -0.4 is 0 Å². The molecule has 2 aromatic carbocycles. The van der Waals surface area contributed by atoms with Gasteiger partial charge in [0.15, 0.2) is 8.68 Å². The Kier molecular flexibility index (Phi) is 5.64. The summed E-state index contributed by atoms with van der Waals surface area (Å²) < 4.78 is 27.7. The van der Waals surface area contributed by atoms with Crippen molar-refractivity contribution < 1.29 is 8.78 Å². The van der Waals surface area contributed by atoms with Crippen molar-refractivity contribution in [3.63, 3.8) is 0 Å². The smallest absolute Gasteiger partial charge is 0.175 e. The van der Waals surface area contributed by atoms with Crippen LogP contribution in [0.3, 0.4) is 0 Å². The first-order valence-corrected chi connectivity index (χ1v) is 9.56. The molecule has 1 aromatic heterocycles. The number of aromatic nitrogens is 2. The van der Waals surface area contributed by atoms with Gasteiger partial charge in [0.2, 0.25) is 0 Å². The van der Waals surface area contributed by atoms with Gasteiger partial charge in [-0.05, 0) is 35.4 Å². The monoisotopic (exact) mass is 366 g/mol. The molecule has 3 aromatic rings. The van der Waals surface area contributed by atoms with Crippen molar-refractivity contribution in [2.45, 2.75) is 20.2 Å². The molecule has 0 radical (unpaired) electrons. The van der Waals surface area contributed by atoms with Gasteiger partial charge in [0, 0.05) is 11.5 Å². The summed E-state index contributed by atoms with van der Waals surface area (Å²) in [5.74, 6) is 0.931. The molecule has 0 aliphatic heterocycles. The summed E-state index contributed by atoms with van der Waals surface area (Å²) in [6, 6.07) is 13.0. The normalized spacial score (nSPS) is 10.9. The summed E-state index contributed by atoms with van der Waals surface area (Å²) in [6.07, 6.45) is 0. The Morgan fingerprint density at radius 2 is 1.43 bits per heavy atom. The topological polar surface area (TPSA) is 25.8 Å². The van der Waals surface area contributed by atoms with Gasteiger partial charge in [0.25, 0.3) is 0 Å². The molecule has 0 saturated heterocycles. The Labute approximate surface area is 145 Å². The van der Waals surface area contributed by atoms with E-state index in [0.29, 0.717) is 5.75 Å². The Morgan fingerprint density at radius 1 is 0.783 bits per heavy atom. The van der Waals surface area contributed by atoms with Gasteiger partial charge in [0.1, 0.15) is 11.6 Å². The molecule has 23 heavy (non-hydrogen) atoms. The number of benzene rings is 2. The van der Waals surface area contributed by atoms with E-state index in [-0.39, 0.29) is 11.6 Å². The summed E-state index contributed by atoms with van der Waals surface area (Å²) in [4.78, 5) is 0. The van der Waals surface area contributed by atoms with Crippen LogP contribution in [0.25, 0.3) is 0 Å². The van der Waals surface area contributed by atoms with Crippen molar-refractivity contribution in [3.8, 4) is 0 Å². The molecule has 1 heterocycles. The Balaban J connectivity index is 1.52. The molecule has 0 amide bonds. The highest BCUT2D eigenvalue weighted by molar-refractivity contribution is 8.02. The SMILES string of the molecule is Fc1ccc(CSc2nnc(SCc3cccc(F)c3)s2)cc1. The molecule has 2 nitrogen and oxygen atoms in total. The van der Waals surface area contributed by atoms with Gasteiger partial charge in [-0.3, -0.25) is 0 Å². The van der Waals surface area contributed by atoms with E-state index in [2.05, 4.69) is 10.2 Å². The standard InChI is InChI=1S/C16H12F2N2S3/c17-13-6-4-11(5-7-13)9-21-15-19-20-16(23-15)22-10-12-2-1-3-14(18)8-12/h1-8H,9-10H2. The number of nitrogens with zero attached hydrogens (tertiary/aromatic N) is 2. The zero-order chi connectivity index (χ0) is 16.1. The van der Waals surface area contributed by atoms with E-state index in [9.17, 15) is 8.78 Å². The second-order valence-electron chi connectivity index (χ2n) is 4.67. The van der Waals surface area contributed by atoms with Gasteiger partial charge >= 0.3 is 0 Å². The molecule has 0 aliphatic carbocycles. The third-order valence-corrected chi connectivity index (χ3v) is 6.25. The minimum atomic E-state index is -0.231. The predicted octanol–water partition coefficient (Wildman–Crippen LogP) is 5.40. The van der Waals surface area contributed by atoms with Crippen molar-refractivity contribution in [2.24, 2.45) is 0 Å². The molecule has 0 fully saturated rings. The first-order valence-electron chi connectivity index (χ1n) is 6.77. The minimum Gasteiger partial charge on any atom is -0.207 e. The Bertz CT molecular complexity index is 775. The van der Waals surface area contributed by atoms with Crippen LogP contribution in [-0.2, 0) is 11.5 Å². The first-order chi connectivity index (χ1) is 11.2. The van der Waals surface area contributed by atoms with Gasteiger partial charge in [0.05, 0.1) is 0 Å². The zero-order valence-corrected chi connectivity index (χ0v) is 14.4. The highest BCUT2D eigenvalue weighted by Crippen LogP contribution is 2.32. The zero-order valence-electron chi connectivity index (χ0n) is 11.9. The van der Waals surface area contributed by atoms with Crippen LogP contribution in [0.15, 0.2) is 57.2 Å². The molecular formula is C16H12F2N2S3. The Hall–Kier alpha value is -1.44. The fourth-order valence-electron chi connectivity index (χ4n) is 1.81. The number of rotatable bonds is 6. The van der Waals surface area contributed by atoms with Gasteiger partial charge in [-0.2, -0.15) is 0 Å². The molecule has 0 saturated carbocycles. The minimum absolute atomic E-state index is 0.226. The third kappa shape index (κ3) is 5.02. The largest absolute Gasteiger partial charge is 0.207 e. The van der Waals surface area contributed by atoms with Crippen LogP contribution in [-0.4, -0.2) is 10.2 Å². The fraction of sp³-hybridized carbons (Fsp3) is 0.125. The molecule has 0 N–H and O–H groups in total. The maximum absolute atomic E-state index is 13.1. The third-order valence-electron chi connectivity index (χ3n) is 2.91. The quantitative estimate of drug-likeness (QED) is 0.546. The summed E-state index contributed by atoms with van der Waals surface area (Å²) in [6.45, 7) is 0. The molecule has 0 spiro atoms. The second kappa shape index (κ2) is 7.90. The van der Waals surface area contributed by atoms with Crippen LogP contribution in [0, 0.1) is 11.6 Å². The lowest BCUT2D eigenvalue weighted by Crippen LogP contribution is -1.82. The average Bonchev–Trinajstić information content (AvgIpc) is 3.00. The van der Waals surface area contributed by atoms with E-state index in [1.807, 2.05) is 6.07 Å². The van der Waals surface area contributed by atoms with Gasteiger partial charge in [-0.25, -0.2) is 8.78 Å². The molecule has 0 atom stereocenters. The highest BCUT2D eigenvalue weighted by Gasteiger charge is 2.07. The van der Waals surface area contributed by atoms with Crippen LogP contribution in [0.2, 0.25) is 0 Å². The number of hydrogen-bond acceptors (Lipinski definition) is 5. The molecular weight excluding hydrogens is 354 g/mol. The van der Waals surface area contributed by atoms with Gasteiger partial charge in [-0.15, -0.1) is 10.2 Å². The van der Waals surface area contributed by atoms with Crippen molar-refractivity contribution in [1.82, 2.24) is 10.2 Å². The summed E-state index contributed by atoms with van der Waals surface area (Å²) in [7, 11) is 0. The van der Waals surface area contributed by atoms with Crippen molar-refractivity contribution >= 4 is 34.9 Å². The van der Waals surface area contributed by atoms with E-state index < -0.39 is 0 Å². The fourth-order valence-corrected chi connectivity index (χ4v) is 4.73. The molecule has 7 heteroatoms. The summed E-state index contributed by atoms with van der Waals surface area (Å²) in [5, 5.41) is 8.28. The highest BCUT2D eigenvalue weighted by atomic mass is 32.2. The maximum atomic E-state index is 13.1. The lowest BCUT2D eigenvalue weighted by molar-refractivity contribution is 0.626. The number of hydrogen-bond donors (Lipinski definition) is 0. The van der Waals surface area contributed by atoms with Crippen molar-refractivity contribution in [3.05, 3.63) is 71.3 Å². The van der Waals surface area contributed by atoms with Crippen LogP contribution in [0.5, 0.6) is 0 Å². The van der Waals surface area contributed by atoms with Crippen LogP contribution >= 0.6 is 34.9 Å². The molecule has 118 valence electrons. The Morgan fingerprint density at radius 3 is 2.09 bits per heavy atom. The molecule has 0 bridgehead atoms. The van der Waals surface area contributed by atoms with E-state index in [4.69, 9.17) is 0 Å². The van der Waals surface area contributed by atoms with Gasteiger partial charge in [-0.1, -0.05) is 59.1 Å². The number of halogens is 2. The van der Waals surface area contributed by atoms with E-state index in [1.165, 1.54) is 35.6 Å². The van der Waals surface area contributed by atoms with E-state index in [1.54, 1.807) is 41.7 Å². The predicted molar refractivity (Wildman–Crippen MR) is 91.8 cm³/mol. The molecule has 3 rings (SSSR count). The lowest BCUT2D eigenvalue weighted by Gasteiger charge is -1.98. The first kappa shape index (κ1) is 16.4. The number of thioether (sulfide) groups is 2. The van der Waals surface area contributed by atoms with Crippen molar-refractivity contribution in [2.75, 3.05) is 0 Å². The van der Waals surface area contributed by atoms with Crippen LogP contribution in [0.4, 0.5) is 8.78 Å². The van der Waals surface area contributed by atoms with Gasteiger partial charge < -0.3 is 0 Å². The second-order valence-corrected chi connectivity index (χ2v) is 8.09. The molecule has 0 unspecified atom stereocenters. The van der Waals surface area contributed by atoms with Crippen molar-refractivity contribution in [1.29, 1.82) is 0 Å². The van der Waals surface area contributed by atoms with E-state index in [0.717, 1.165) is 25.6 Å². The summed E-state index contributed by atoms with van der Waals surface area (Å²) in [5.41, 5.74) is 1.96. The molecule has 0 aliphatic rings.